The SMILES string of the molecule is CN(CCc1ccc(F)cc1)c1ncc(C(F)(F)F)s1. The van der Waals surface area contributed by atoms with Crippen molar-refractivity contribution in [2.45, 2.75) is 12.6 Å². The lowest BCUT2D eigenvalue weighted by Crippen LogP contribution is -2.19. The highest BCUT2D eigenvalue weighted by molar-refractivity contribution is 7.15. The van der Waals surface area contributed by atoms with Crippen LogP contribution in [0.1, 0.15) is 10.4 Å². The van der Waals surface area contributed by atoms with Gasteiger partial charge in [0.2, 0.25) is 0 Å². The summed E-state index contributed by atoms with van der Waals surface area (Å²) in [5.41, 5.74) is 0.922. The Labute approximate surface area is 117 Å². The summed E-state index contributed by atoms with van der Waals surface area (Å²) in [6.45, 7) is 0.510. The maximum Gasteiger partial charge on any atom is 0.427 e. The van der Waals surface area contributed by atoms with Crippen LogP contribution in [0.15, 0.2) is 30.5 Å². The molecule has 0 saturated carbocycles. The van der Waals surface area contributed by atoms with E-state index in [2.05, 4.69) is 4.98 Å². The minimum atomic E-state index is -4.35. The molecule has 0 N–H and O–H groups in total. The predicted octanol–water partition coefficient (Wildman–Crippen LogP) is 3.98. The fourth-order valence-electron chi connectivity index (χ4n) is 1.62. The summed E-state index contributed by atoms with van der Waals surface area (Å²) in [5, 5.41) is 0.319. The van der Waals surface area contributed by atoms with Crippen LogP contribution in [-0.4, -0.2) is 18.6 Å². The number of hydrogen-bond acceptors (Lipinski definition) is 3. The van der Waals surface area contributed by atoms with E-state index in [4.69, 9.17) is 0 Å². The first-order chi connectivity index (χ1) is 9.36. The lowest BCUT2D eigenvalue weighted by atomic mass is 10.1. The van der Waals surface area contributed by atoms with E-state index < -0.39 is 11.1 Å². The normalized spacial score (nSPS) is 11.7. The van der Waals surface area contributed by atoms with E-state index in [1.165, 1.54) is 12.1 Å². The summed E-state index contributed by atoms with van der Waals surface area (Å²) in [6.07, 6.45) is -2.90. The number of alkyl halides is 3. The topological polar surface area (TPSA) is 16.1 Å². The van der Waals surface area contributed by atoms with Gasteiger partial charge in [-0.15, -0.1) is 0 Å². The van der Waals surface area contributed by atoms with Crippen LogP contribution >= 0.6 is 11.3 Å². The molecule has 20 heavy (non-hydrogen) atoms. The molecule has 1 aromatic carbocycles. The first kappa shape index (κ1) is 14.8. The Hall–Kier alpha value is -1.63. The third-order valence-electron chi connectivity index (χ3n) is 2.75. The van der Waals surface area contributed by atoms with Gasteiger partial charge in [-0.25, -0.2) is 9.37 Å². The predicted molar refractivity (Wildman–Crippen MR) is 70.5 cm³/mol. The van der Waals surface area contributed by atoms with Gasteiger partial charge in [0.15, 0.2) is 5.13 Å². The number of rotatable bonds is 4. The molecule has 1 heterocycles. The second-order valence-electron chi connectivity index (χ2n) is 4.30. The molecule has 108 valence electrons. The van der Waals surface area contributed by atoms with Crippen molar-refractivity contribution in [1.29, 1.82) is 0 Å². The summed E-state index contributed by atoms with van der Waals surface area (Å²) in [4.78, 5) is 4.72. The average molecular weight is 304 g/mol. The minimum Gasteiger partial charge on any atom is -0.351 e. The summed E-state index contributed by atoms with van der Waals surface area (Å²) in [6, 6.07) is 6.04. The van der Waals surface area contributed by atoms with Gasteiger partial charge in [0.05, 0.1) is 6.20 Å². The largest absolute Gasteiger partial charge is 0.427 e. The molecular formula is C13H12F4N2S. The van der Waals surface area contributed by atoms with Crippen LogP contribution in [0, 0.1) is 5.82 Å². The van der Waals surface area contributed by atoms with Crippen molar-refractivity contribution in [3.63, 3.8) is 0 Å². The van der Waals surface area contributed by atoms with E-state index in [0.29, 0.717) is 29.4 Å². The quantitative estimate of drug-likeness (QED) is 0.794. The monoisotopic (exact) mass is 304 g/mol. The van der Waals surface area contributed by atoms with Crippen molar-refractivity contribution in [3.05, 3.63) is 46.7 Å². The van der Waals surface area contributed by atoms with Gasteiger partial charge in [0.25, 0.3) is 0 Å². The Morgan fingerprint density at radius 2 is 1.85 bits per heavy atom. The van der Waals surface area contributed by atoms with Crippen LogP contribution < -0.4 is 4.90 Å². The number of thiazole rings is 1. The molecule has 0 amide bonds. The van der Waals surface area contributed by atoms with Crippen LogP contribution in [0.5, 0.6) is 0 Å². The molecule has 7 heteroatoms. The van der Waals surface area contributed by atoms with Gasteiger partial charge in [-0.05, 0) is 24.1 Å². The first-order valence-electron chi connectivity index (χ1n) is 5.85. The highest BCUT2D eigenvalue weighted by Crippen LogP contribution is 2.35. The van der Waals surface area contributed by atoms with Crippen molar-refractivity contribution in [2.24, 2.45) is 0 Å². The Kier molecular flexibility index (Phi) is 4.27. The fraction of sp³-hybridized carbons (Fsp3) is 0.308. The van der Waals surface area contributed by atoms with E-state index in [9.17, 15) is 17.6 Å². The summed E-state index contributed by atoms with van der Waals surface area (Å²) < 4.78 is 50.1. The van der Waals surface area contributed by atoms with Crippen molar-refractivity contribution in [3.8, 4) is 0 Å². The van der Waals surface area contributed by atoms with E-state index in [1.807, 2.05) is 0 Å². The third-order valence-corrected chi connectivity index (χ3v) is 3.91. The number of aromatic nitrogens is 1. The van der Waals surface area contributed by atoms with Gasteiger partial charge in [-0.1, -0.05) is 23.5 Å². The Morgan fingerprint density at radius 1 is 1.20 bits per heavy atom. The Balaban J connectivity index is 1.96. The Morgan fingerprint density at radius 3 is 2.40 bits per heavy atom. The molecule has 2 rings (SSSR count). The second kappa shape index (κ2) is 5.78. The lowest BCUT2D eigenvalue weighted by Gasteiger charge is -2.15. The zero-order chi connectivity index (χ0) is 14.8. The lowest BCUT2D eigenvalue weighted by molar-refractivity contribution is -0.134. The molecule has 0 aliphatic carbocycles. The maximum absolute atomic E-state index is 12.7. The second-order valence-corrected chi connectivity index (χ2v) is 5.31. The molecule has 2 nitrogen and oxygen atoms in total. The summed E-state index contributed by atoms with van der Waals surface area (Å²) >= 11 is 0.615. The van der Waals surface area contributed by atoms with Gasteiger partial charge >= 0.3 is 6.18 Å². The van der Waals surface area contributed by atoms with Crippen LogP contribution in [0.4, 0.5) is 22.7 Å². The van der Waals surface area contributed by atoms with E-state index in [-0.39, 0.29) is 5.82 Å². The summed E-state index contributed by atoms with van der Waals surface area (Å²) in [7, 11) is 1.68. The molecule has 1 aromatic heterocycles. The van der Waals surface area contributed by atoms with Crippen LogP contribution in [-0.2, 0) is 12.6 Å². The molecule has 0 spiro atoms. The van der Waals surface area contributed by atoms with Gasteiger partial charge in [-0.3, -0.25) is 0 Å². The van der Waals surface area contributed by atoms with Crippen molar-refractivity contribution in [2.75, 3.05) is 18.5 Å². The number of hydrogen-bond donors (Lipinski definition) is 0. The van der Waals surface area contributed by atoms with E-state index in [1.54, 1.807) is 24.1 Å². The highest BCUT2D eigenvalue weighted by Gasteiger charge is 2.33. The molecule has 0 fully saturated rings. The number of nitrogens with zero attached hydrogens (tertiary/aromatic N) is 2. The Bertz CT molecular complexity index is 562. The van der Waals surface area contributed by atoms with E-state index in [0.717, 1.165) is 11.8 Å². The third kappa shape index (κ3) is 3.69. The summed E-state index contributed by atoms with van der Waals surface area (Å²) in [5.74, 6) is -0.308. The van der Waals surface area contributed by atoms with Gasteiger partial charge in [0, 0.05) is 13.6 Å². The average Bonchev–Trinajstić information content (AvgIpc) is 2.87. The minimum absolute atomic E-state index is 0.308. The number of benzene rings is 1. The molecular weight excluding hydrogens is 292 g/mol. The van der Waals surface area contributed by atoms with Crippen LogP contribution in [0.25, 0.3) is 0 Å². The molecule has 0 saturated heterocycles. The van der Waals surface area contributed by atoms with Crippen LogP contribution in [0.2, 0.25) is 0 Å². The van der Waals surface area contributed by atoms with Crippen molar-refractivity contribution in [1.82, 2.24) is 4.98 Å². The fourth-order valence-corrected chi connectivity index (χ4v) is 2.39. The smallest absolute Gasteiger partial charge is 0.351 e. The zero-order valence-corrected chi connectivity index (χ0v) is 11.4. The molecule has 0 atom stereocenters. The molecule has 2 aromatic rings. The maximum atomic E-state index is 12.7. The number of anilines is 1. The van der Waals surface area contributed by atoms with E-state index >= 15 is 0 Å². The van der Waals surface area contributed by atoms with Crippen molar-refractivity contribution >= 4 is 16.5 Å². The standard InChI is InChI=1S/C13H12F4N2S/c1-19(7-6-9-2-4-10(14)5-3-9)12-18-8-11(20-12)13(15,16)17/h2-5,8H,6-7H2,1H3. The number of halogens is 4. The van der Waals surface area contributed by atoms with Gasteiger partial charge < -0.3 is 4.90 Å². The molecule has 0 bridgehead atoms. The van der Waals surface area contributed by atoms with Crippen LogP contribution in [0.3, 0.4) is 0 Å². The highest BCUT2D eigenvalue weighted by atomic mass is 32.1. The number of likely N-dealkylation sites (N-methyl/N-ethyl adjacent to an activating group) is 1. The molecule has 0 aliphatic rings. The van der Waals surface area contributed by atoms with Gasteiger partial charge in [-0.2, -0.15) is 13.2 Å². The zero-order valence-electron chi connectivity index (χ0n) is 10.6. The molecule has 0 radical (unpaired) electrons. The molecule has 0 unspecified atom stereocenters. The van der Waals surface area contributed by atoms with Crippen molar-refractivity contribution < 1.29 is 17.6 Å². The van der Waals surface area contributed by atoms with Gasteiger partial charge in [0.1, 0.15) is 10.7 Å². The molecule has 0 aliphatic heterocycles. The first-order valence-corrected chi connectivity index (χ1v) is 6.66.